The minimum absolute atomic E-state index is 0.107. The molecule has 0 radical (unpaired) electrons. The molecule has 4 aromatic rings. The maximum atomic E-state index is 13.0. The molecule has 0 atom stereocenters. The topological polar surface area (TPSA) is 68.3 Å². The molecule has 176 valence electrons. The van der Waals surface area contributed by atoms with Gasteiger partial charge in [-0.3, -0.25) is 4.98 Å². The summed E-state index contributed by atoms with van der Waals surface area (Å²) in [6.07, 6.45) is -1.34. The predicted octanol–water partition coefficient (Wildman–Crippen LogP) is 5.80. The first kappa shape index (κ1) is 23.7. The lowest BCUT2D eigenvalue weighted by Crippen LogP contribution is -2.23. The third kappa shape index (κ3) is 5.05. The monoisotopic (exact) mass is 486 g/mol. The zero-order valence-electron chi connectivity index (χ0n) is 18.1. The van der Waals surface area contributed by atoms with Crippen LogP contribution in [0.4, 0.5) is 13.2 Å². The average Bonchev–Trinajstić information content (AvgIpc) is 2.83. The summed E-state index contributed by atoms with van der Waals surface area (Å²) in [4.78, 5) is 3.72. The van der Waals surface area contributed by atoms with Crippen molar-refractivity contribution in [3.63, 3.8) is 0 Å². The second-order valence-electron chi connectivity index (χ2n) is 7.50. The minimum atomic E-state index is -4.63. The van der Waals surface area contributed by atoms with E-state index < -0.39 is 26.7 Å². The number of pyridine rings is 1. The Kier molecular flexibility index (Phi) is 6.58. The zero-order chi connectivity index (χ0) is 24.3. The van der Waals surface area contributed by atoms with Gasteiger partial charge in [-0.05, 0) is 65.4 Å². The van der Waals surface area contributed by atoms with Gasteiger partial charge in [-0.15, -0.1) is 0 Å². The highest BCUT2D eigenvalue weighted by atomic mass is 32.2. The van der Waals surface area contributed by atoms with E-state index in [2.05, 4.69) is 9.71 Å². The van der Waals surface area contributed by atoms with Gasteiger partial charge in [0.1, 0.15) is 5.75 Å². The molecule has 1 aromatic heterocycles. The number of benzene rings is 3. The number of aromatic nitrogens is 1. The summed E-state index contributed by atoms with van der Waals surface area (Å²) in [5, 5.41) is 1.61. The van der Waals surface area contributed by atoms with Crippen LogP contribution in [-0.2, 0) is 22.7 Å². The van der Waals surface area contributed by atoms with Gasteiger partial charge < -0.3 is 4.74 Å². The molecule has 4 rings (SSSR count). The van der Waals surface area contributed by atoms with Crippen LogP contribution in [0.15, 0.2) is 84.0 Å². The molecular formula is C25H21F3N2O3S. The highest BCUT2D eigenvalue weighted by molar-refractivity contribution is 7.89. The van der Waals surface area contributed by atoms with Gasteiger partial charge in [-0.1, -0.05) is 30.3 Å². The first-order valence-corrected chi connectivity index (χ1v) is 11.9. The van der Waals surface area contributed by atoms with E-state index in [0.29, 0.717) is 18.2 Å². The van der Waals surface area contributed by atoms with Crippen LogP contribution in [-0.4, -0.2) is 20.0 Å². The van der Waals surface area contributed by atoms with Crippen LogP contribution < -0.4 is 9.46 Å². The Morgan fingerprint density at radius 1 is 0.971 bits per heavy atom. The van der Waals surface area contributed by atoms with Crippen LogP contribution in [0.1, 0.15) is 18.1 Å². The molecule has 1 heterocycles. The lowest BCUT2D eigenvalue weighted by molar-refractivity contribution is -0.137. The summed E-state index contributed by atoms with van der Waals surface area (Å²) >= 11 is 0. The van der Waals surface area contributed by atoms with E-state index in [9.17, 15) is 21.6 Å². The number of ether oxygens (including phenoxy) is 1. The van der Waals surface area contributed by atoms with Crippen molar-refractivity contribution >= 4 is 20.8 Å². The smallest absolute Gasteiger partial charge is 0.416 e. The predicted molar refractivity (Wildman–Crippen MR) is 124 cm³/mol. The lowest BCUT2D eigenvalue weighted by Gasteiger charge is -2.14. The molecule has 34 heavy (non-hydrogen) atoms. The number of hydrogen-bond donors (Lipinski definition) is 1. The highest BCUT2D eigenvalue weighted by Crippen LogP contribution is 2.32. The van der Waals surface area contributed by atoms with E-state index in [1.165, 1.54) is 0 Å². The fourth-order valence-electron chi connectivity index (χ4n) is 3.65. The number of hydrogen-bond acceptors (Lipinski definition) is 4. The summed E-state index contributed by atoms with van der Waals surface area (Å²) in [5.41, 5.74) is 1.51. The van der Waals surface area contributed by atoms with Gasteiger partial charge in [-0.25, -0.2) is 13.1 Å². The van der Waals surface area contributed by atoms with Gasteiger partial charge in [0, 0.05) is 24.3 Å². The van der Waals surface area contributed by atoms with Crippen molar-refractivity contribution in [3.8, 4) is 16.9 Å². The van der Waals surface area contributed by atoms with Crippen LogP contribution in [0.3, 0.4) is 0 Å². The molecule has 9 heteroatoms. The first-order valence-electron chi connectivity index (χ1n) is 10.4. The number of sulfonamides is 1. The standard InChI is InChI=1S/C25H21F3N2O3S/c1-2-33-20-9-6-17(7-10-20)22-11-8-18(24-16-29-13-12-23(22)24)15-30-34(31,32)21-5-3-4-19(14-21)25(26,27)28/h3-14,16,30H,2,15H2,1H3. The molecule has 3 aromatic carbocycles. The molecule has 0 aliphatic rings. The third-order valence-corrected chi connectivity index (χ3v) is 6.71. The van der Waals surface area contributed by atoms with Crippen molar-refractivity contribution in [1.29, 1.82) is 0 Å². The third-order valence-electron chi connectivity index (χ3n) is 5.31. The van der Waals surface area contributed by atoms with Crippen LogP contribution >= 0.6 is 0 Å². The van der Waals surface area contributed by atoms with Gasteiger partial charge in [-0.2, -0.15) is 13.2 Å². The summed E-state index contributed by atoms with van der Waals surface area (Å²) in [6, 6.07) is 16.8. The van der Waals surface area contributed by atoms with Crippen LogP contribution in [0, 0.1) is 0 Å². The molecule has 0 unspecified atom stereocenters. The molecule has 0 bridgehead atoms. The maximum absolute atomic E-state index is 13.0. The Hall–Kier alpha value is -3.43. The molecule has 0 saturated carbocycles. The molecular weight excluding hydrogens is 465 g/mol. The van der Waals surface area contributed by atoms with Crippen LogP contribution in [0.5, 0.6) is 5.75 Å². The van der Waals surface area contributed by atoms with Crippen molar-refractivity contribution in [3.05, 3.63) is 90.3 Å². The second-order valence-corrected chi connectivity index (χ2v) is 9.27. The Bertz CT molecular complexity index is 1420. The molecule has 1 N–H and O–H groups in total. The number of halogens is 3. The van der Waals surface area contributed by atoms with Gasteiger partial charge in [0.2, 0.25) is 10.0 Å². The van der Waals surface area contributed by atoms with E-state index in [-0.39, 0.29) is 6.54 Å². The number of nitrogens with zero attached hydrogens (tertiary/aromatic N) is 1. The molecule has 0 fully saturated rings. The van der Waals surface area contributed by atoms with Gasteiger partial charge in [0.05, 0.1) is 17.1 Å². The SMILES string of the molecule is CCOc1ccc(-c2ccc(CNS(=O)(=O)c3cccc(C(F)(F)F)c3)c3cnccc23)cc1. The molecule has 0 spiro atoms. The van der Waals surface area contributed by atoms with E-state index in [1.54, 1.807) is 18.5 Å². The molecule has 0 amide bonds. The highest BCUT2D eigenvalue weighted by Gasteiger charge is 2.31. The quantitative estimate of drug-likeness (QED) is 0.359. The maximum Gasteiger partial charge on any atom is 0.416 e. The summed E-state index contributed by atoms with van der Waals surface area (Å²) < 4.78 is 72.2. The first-order chi connectivity index (χ1) is 16.2. The van der Waals surface area contributed by atoms with Crippen LogP contribution in [0.2, 0.25) is 0 Å². The number of alkyl halides is 3. The lowest BCUT2D eigenvalue weighted by atomic mass is 9.96. The fraction of sp³-hybridized carbons (Fsp3) is 0.160. The van der Waals surface area contributed by atoms with E-state index in [4.69, 9.17) is 4.74 Å². The van der Waals surface area contributed by atoms with Crippen molar-refractivity contribution < 1.29 is 26.3 Å². The molecule has 0 saturated heterocycles. The minimum Gasteiger partial charge on any atom is -0.494 e. The molecule has 0 aliphatic carbocycles. The second kappa shape index (κ2) is 9.44. The van der Waals surface area contributed by atoms with E-state index in [0.717, 1.165) is 45.8 Å². The van der Waals surface area contributed by atoms with Crippen molar-refractivity contribution in [2.45, 2.75) is 24.5 Å². The van der Waals surface area contributed by atoms with Crippen LogP contribution in [0.25, 0.3) is 21.9 Å². The number of fused-ring (bicyclic) bond motifs is 1. The van der Waals surface area contributed by atoms with Gasteiger partial charge >= 0.3 is 6.18 Å². The van der Waals surface area contributed by atoms with Gasteiger partial charge in [0.15, 0.2) is 0 Å². The Morgan fingerprint density at radius 2 is 1.74 bits per heavy atom. The van der Waals surface area contributed by atoms with Crippen molar-refractivity contribution in [2.24, 2.45) is 0 Å². The van der Waals surface area contributed by atoms with Crippen molar-refractivity contribution in [1.82, 2.24) is 9.71 Å². The Balaban J connectivity index is 1.63. The van der Waals surface area contributed by atoms with E-state index in [1.807, 2.05) is 43.3 Å². The fourth-order valence-corrected chi connectivity index (χ4v) is 4.70. The zero-order valence-corrected chi connectivity index (χ0v) is 19.0. The largest absolute Gasteiger partial charge is 0.494 e. The number of nitrogens with one attached hydrogen (secondary N) is 1. The summed E-state index contributed by atoms with van der Waals surface area (Å²) in [7, 11) is -4.17. The Labute approximate surface area is 195 Å². The summed E-state index contributed by atoms with van der Waals surface area (Å²) in [6.45, 7) is 2.37. The molecule has 5 nitrogen and oxygen atoms in total. The van der Waals surface area contributed by atoms with Gasteiger partial charge in [0.25, 0.3) is 0 Å². The normalized spacial score (nSPS) is 12.1. The number of rotatable bonds is 7. The van der Waals surface area contributed by atoms with Crippen molar-refractivity contribution in [2.75, 3.05) is 6.61 Å². The van der Waals surface area contributed by atoms with E-state index >= 15 is 0 Å². The molecule has 0 aliphatic heterocycles. The Morgan fingerprint density at radius 3 is 2.44 bits per heavy atom. The summed E-state index contributed by atoms with van der Waals surface area (Å²) in [5.74, 6) is 0.762. The average molecular weight is 487 g/mol.